The van der Waals surface area contributed by atoms with Crippen molar-refractivity contribution >= 4 is 17.5 Å². The summed E-state index contributed by atoms with van der Waals surface area (Å²) in [6.45, 7) is 0. The average molecular weight is 308 g/mol. The Morgan fingerprint density at radius 3 is 2.09 bits per heavy atom. The molecule has 0 spiro atoms. The molecule has 0 bridgehead atoms. The van der Waals surface area contributed by atoms with Crippen LogP contribution in [0.25, 0.3) is 0 Å². The van der Waals surface area contributed by atoms with Crippen LogP contribution in [0, 0.1) is 0 Å². The minimum Gasteiger partial charge on any atom is -0.366 e. The van der Waals surface area contributed by atoms with E-state index in [2.05, 4.69) is 5.32 Å². The zero-order valence-corrected chi connectivity index (χ0v) is 11.1. The average Bonchev–Trinajstić information content (AvgIpc) is 2.46. The van der Waals surface area contributed by atoms with Crippen molar-refractivity contribution in [3.8, 4) is 0 Å². The topological polar surface area (TPSA) is 72.2 Å². The van der Waals surface area contributed by atoms with Gasteiger partial charge in [-0.15, -0.1) is 0 Å². The summed E-state index contributed by atoms with van der Waals surface area (Å²) < 4.78 is 37.4. The van der Waals surface area contributed by atoms with Gasteiger partial charge in [0.25, 0.3) is 11.8 Å². The molecule has 7 heteroatoms. The number of para-hydroxylation sites is 1. The van der Waals surface area contributed by atoms with Gasteiger partial charge >= 0.3 is 6.18 Å². The maximum Gasteiger partial charge on any atom is 0.416 e. The van der Waals surface area contributed by atoms with Crippen molar-refractivity contribution in [3.05, 3.63) is 65.2 Å². The van der Waals surface area contributed by atoms with E-state index in [4.69, 9.17) is 5.73 Å². The normalized spacial score (nSPS) is 11.0. The van der Waals surface area contributed by atoms with E-state index in [1.807, 2.05) is 0 Å². The van der Waals surface area contributed by atoms with Crippen LogP contribution in [0.3, 0.4) is 0 Å². The molecule has 2 rings (SSSR count). The Balaban J connectivity index is 2.22. The molecule has 0 unspecified atom stereocenters. The van der Waals surface area contributed by atoms with E-state index in [1.54, 1.807) is 12.1 Å². The number of alkyl halides is 3. The predicted octanol–water partition coefficient (Wildman–Crippen LogP) is 3.06. The molecule has 0 radical (unpaired) electrons. The van der Waals surface area contributed by atoms with Gasteiger partial charge in [-0.1, -0.05) is 12.1 Å². The van der Waals surface area contributed by atoms with Crippen LogP contribution in [0.15, 0.2) is 48.5 Å². The Morgan fingerprint density at radius 2 is 1.55 bits per heavy atom. The zero-order chi connectivity index (χ0) is 16.3. The molecule has 0 aliphatic rings. The second-order valence-corrected chi connectivity index (χ2v) is 4.44. The molecule has 0 aliphatic heterocycles. The van der Waals surface area contributed by atoms with Crippen molar-refractivity contribution < 1.29 is 22.8 Å². The van der Waals surface area contributed by atoms with Crippen LogP contribution < -0.4 is 11.1 Å². The fraction of sp³-hybridized carbons (Fsp3) is 0.0667. The highest BCUT2D eigenvalue weighted by molar-refractivity contribution is 6.08. The van der Waals surface area contributed by atoms with Gasteiger partial charge in [-0.3, -0.25) is 9.59 Å². The molecule has 22 heavy (non-hydrogen) atoms. The van der Waals surface area contributed by atoms with Crippen molar-refractivity contribution in [3.63, 3.8) is 0 Å². The van der Waals surface area contributed by atoms with Crippen molar-refractivity contribution in [2.24, 2.45) is 5.73 Å². The molecule has 2 aromatic rings. The largest absolute Gasteiger partial charge is 0.416 e. The van der Waals surface area contributed by atoms with Gasteiger partial charge in [0.1, 0.15) is 0 Å². The van der Waals surface area contributed by atoms with E-state index < -0.39 is 23.6 Å². The number of primary amides is 1. The van der Waals surface area contributed by atoms with E-state index in [9.17, 15) is 22.8 Å². The summed E-state index contributed by atoms with van der Waals surface area (Å²) in [6.07, 6.45) is -4.46. The van der Waals surface area contributed by atoms with Crippen molar-refractivity contribution in [1.29, 1.82) is 0 Å². The number of hydrogen-bond acceptors (Lipinski definition) is 2. The lowest BCUT2D eigenvalue weighted by Gasteiger charge is -2.10. The Labute approximate surface area is 123 Å². The first-order valence-electron chi connectivity index (χ1n) is 6.16. The van der Waals surface area contributed by atoms with Crippen LogP contribution in [0.2, 0.25) is 0 Å². The fourth-order valence-corrected chi connectivity index (χ4v) is 1.81. The molecular formula is C15H11F3N2O2. The van der Waals surface area contributed by atoms with E-state index in [-0.39, 0.29) is 16.8 Å². The molecule has 0 fully saturated rings. The van der Waals surface area contributed by atoms with Crippen molar-refractivity contribution in [1.82, 2.24) is 0 Å². The number of nitrogens with two attached hydrogens (primary N) is 1. The third-order valence-electron chi connectivity index (χ3n) is 2.92. The lowest BCUT2D eigenvalue weighted by Crippen LogP contribution is -2.18. The quantitative estimate of drug-likeness (QED) is 0.914. The Hall–Kier alpha value is -2.83. The van der Waals surface area contributed by atoms with Gasteiger partial charge in [-0.2, -0.15) is 13.2 Å². The van der Waals surface area contributed by atoms with Crippen LogP contribution in [-0.2, 0) is 6.18 Å². The van der Waals surface area contributed by atoms with Gasteiger partial charge in [0, 0.05) is 5.56 Å². The first-order chi connectivity index (χ1) is 10.3. The van der Waals surface area contributed by atoms with Crippen LogP contribution in [0.5, 0.6) is 0 Å². The SMILES string of the molecule is NC(=O)c1ccccc1NC(=O)c1ccc(C(F)(F)F)cc1. The third kappa shape index (κ3) is 3.43. The summed E-state index contributed by atoms with van der Waals surface area (Å²) in [5.41, 5.74) is 4.68. The van der Waals surface area contributed by atoms with Crippen LogP contribution in [0.4, 0.5) is 18.9 Å². The molecule has 0 saturated carbocycles. The number of halogens is 3. The minimum atomic E-state index is -4.46. The second kappa shape index (κ2) is 5.88. The number of anilines is 1. The van der Waals surface area contributed by atoms with Gasteiger partial charge in [-0.05, 0) is 36.4 Å². The first-order valence-corrected chi connectivity index (χ1v) is 6.16. The number of carbonyl (C=O) groups is 2. The number of benzene rings is 2. The lowest BCUT2D eigenvalue weighted by molar-refractivity contribution is -0.137. The van der Waals surface area contributed by atoms with Crippen molar-refractivity contribution in [2.75, 3.05) is 5.32 Å². The summed E-state index contributed by atoms with van der Waals surface area (Å²) >= 11 is 0. The molecule has 0 aromatic heterocycles. The van der Waals surface area contributed by atoms with E-state index in [1.165, 1.54) is 12.1 Å². The number of amides is 2. The summed E-state index contributed by atoms with van der Waals surface area (Å²) in [5, 5.41) is 2.45. The van der Waals surface area contributed by atoms with Gasteiger partial charge in [0.2, 0.25) is 0 Å². The molecule has 0 atom stereocenters. The summed E-state index contributed by atoms with van der Waals surface area (Å²) in [4.78, 5) is 23.2. The van der Waals surface area contributed by atoms with Gasteiger partial charge in [0.15, 0.2) is 0 Å². The van der Waals surface area contributed by atoms with E-state index in [0.29, 0.717) is 0 Å². The number of carbonyl (C=O) groups excluding carboxylic acids is 2. The first kappa shape index (κ1) is 15.6. The third-order valence-corrected chi connectivity index (χ3v) is 2.92. The summed E-state index contributed by atoms with van der Waals surface area (Å²) in [5.74, 6) is -1.36. The summed E-state index contributed by atoms with van der Waals surface area (Å²) in [7, 11) is 0. The molecule has 0 saturated heterocycles. The second-order valence-electron chi connectivity index (χ2n) is 4.44. The van der Waals surface area contributed by atoms with Crippen LogP contribution in [0.1, 0.15) is 26.3 Å². The predicted molar refractivity (Wildman–Crippen MR) is 74.4 cm³/mol. The number of rotatable bonds is 3. The molecule has 4 nitrogen and oxygen atoms in total. The summed E-state index contributed by atoms with van der Waals surface area (Å²) in [6, 6.07) is 9.83. The number of nitrogens with one attached hydrogen (secondary N) is 1. The van der Waals surface area contributed by atoms with Gasteiger partial charge in [-0.25, -0.2) is 0 Å². The Bertz CT molecular complexity index is 709. The standard InChI is InChI=1S/C15H11F3N2O2/c16-15(17,18)10-7-5-9(6-8-10)14(22)20-12-4-2-1-3-11(12)13(19)21/h1-8H,(H2,19,21)(H,20,22). The van der Waals surface area contributed by atoms with Crippen LogP contribution in [-0.4, -0.2) is 11.8 Å². The van der Waals surface area contributed by atoms with E-state index in [0.717, 1.165) is 24.3 Å². The Kier molecular flexibility index (Phi) is 4.16. The maximum absolute atomic E-state index is 12.5. The maximum atomic E-state index is 12.5. The van der Waals surface area contributed by atoms with E-state index >= 15 is 0 Å². The zero-order valence-electron chi connectivity index (χ0n) is 11.1. The molecule has 3 N–H and O–H groups in total. The Morgan fingerprint density at radius 1 is 0.955 bits per heavy atom. The van der Waals surface area contributed by atoms with Crippen molar-refractivity contribution in [2.45, 2.75) is 6.18 Å². The molecular weight excluding hydrogens is 297 g/mol. The monoisotopic (exact) mass is 308 g/mol. The highest BCUT2D eigenvalue weighted by atomic mass is 19.4. The smallest absolute Gasteiger partial charge is 0.366 e. The van der Waals surface area contributed by atoms with Gasteiger partial charge in [0.05, 0.1) is 16.8 Å². The van der Waals surface area contributed by atoms with Crippen LogP contribution >= 0.6 is 0 Å². The minimum absolute atomic E-state index is 0.0345. The highest BCUT2D eigenvalue weighted by Gasteiger charge is 2.30. The highest BCUT2D eigenvalue weighted by Crippen LogP contribution is 2.29. The molecule has 2 aromatic carbocycles. The van der Waals surface area contributed by atoms with Gasteiger partial charge < -0.3 is 11.1 Å². The number of hydrogen-bond donors (Lipinski definition) is 2. The molecule has 0 aliphatic carbocycles. The molecule has 114 valence electrons. The molecule has 2 amide bonds. The molecule has 0 heterocycles. The lowest BCUT2D eigenvalue weighted by atomic mass is 10.1. The fourth-order valence-electron chi connectivity index (χ4n) is 1.81.